The summed E-state index contributed by atoms with van der Waals surface area (Å²) in [6.07, 6.45) is 5.86. The van der Waals surface area contributed by atoms with Gasteiger partial charge in [-0.1, -0.05) is 13.0 Å². The second-order valence-corrected chi connectivity index (χ2v) is 4.42. The van der Waals surface area contributed by atoms with E-state index >= 15 is 0 Å². The number of aliphatic hydroxyl groups excluding tert-OH is 1. The number of fused-ring (bicyclic) bond motifs is 1. The molecule has 2 rings (SSSR count). The highest BCUT2D eigenvalue weighted by Gasteiger charge is 2.01. The number of rotatable bonds is 6. The van der Waals surface area contributed by atoms with Crippen LogP contribution >= 0.6 is 0 Å². The summed E-state index contributed by atoms with van der Waals surface area (Å²) in [5, 5.41) is 12.3. The molecular formula is C13H19N3O. The fourth-order valence-electron chi connectivity index (χ4n) is 1.85. The van der Waals surface area contributed by atoms with Gasteiger partial charge in [0.1, 0.15) is 11.5 Å². The molecule has 0 saturated heterocycles. The van der Waals surface area contributed by atoms with E-state index in [4.69, 9.17) is 5.11 Å². The Morgan fingerprint density at radius 2 is 2.35 bits per heavy atom. The summed E-state index contributed by atoms with van der Waals surface area (Å²) in [6, 6.07) is 6.03. The number of aliphatic hydroxyl groups is 1. The Kier molecular flexibility index (Phi) is 3.98. The first kappa shape index (κ1) is 11.9. The third kappa shape index (κ3) is 2.97. The number of nitrogens with zero attached hydrogens (tertiary/aromatic N) is 2. The van der Waals surface area contributed by atoms with Crippen LogP contribution in [0.25, 0.3) is 5.65 Å². The molecule has 4 nitrogen and oxygen atoms in total. The molecule has 2 aromatic heterocycles. The molecule has 2 N–H and O–H groups in total. The van der Waals surface area contributed by atoms with Crippen molar-refractivity contribution in [2.45, 2.75) is 19.8 Å². The van der Waals surface area contributed by atoms with Crippen molar-refractivity contribution in [2.24, 2.45) is 5.92 Å². The van der Waals surface area contributed by atoms with Crippen molar-refractivity contribution in [3.8, 4) is 0 Å². The van der Waals surface area contributed by atoms with Crippen LogP contribution in [0.1, 0.15) is 19.8 Å². The molecule has 0 bridgehead atoms. The van der Waals surface area contributed by atoms with Crippen LogP contribution in [0.5, 0.6) is 0 Å². The van der Waals surface area contributed by atoms with Crippen LogP contribution in [-0.2, 0) is 0 Å². The SMILES string of the molecule is CC(CO)CCCNc1cccc2nccn12. The molecule has 1 atom stereocenters. The van der Waals surface area contributed by atoms with E-state index in [1.54, 1.807) is 6.20 Å². The predicted molar refractivity (Wildman–Crippen MR) is 69.2 cm³/mol. The van der Waals surface area contributed by atoms with Crippen LogP contribution in [-0.4, -0.2) is 27.6 Å². The van der Waals surface area contributed by atoms with E-state index in [0.29, 0.717) is 5.92 Å². The maximum Gasteiger partial charge on any atom is 0.138 e. The molecule has 2 heterocycles. The van der Waals surface area contributed by atoms with E-state index < -0.39 is 0 Å². The maximum absolute atomic E-state index is 8.93. The zero-order valence-corrected chi connectivity index (χ0v) is 10.1. The Balaban J connectivity index is 1.88. The van der Waals surface area contributed by atoms with Gasteiger partial charge >= 0.3 is 0 Å². The van der Waals surface area contributed by atoms with Gasteiger partial charge < -0.3 is 10.4 Å². The third-order valence-corrected chi connectivity index (χ3v) is 2.92. The number of anilines is 1. The molecule has 1 unspecified atom stereocenters. The van der Waals surface area contributed by atoms with Gasteiger partial charge in [-0.3, -0.25) is 4.40 Å². The molecule has 0 aromatic carbocycles. The van der Waals surface area contributed by atoms with Gasteiger partial charge in [-0.15, -0.1) is 0 Å². The first-order valence-corrected chi connectivity index (χ1v) is 6.08. The summed E-state index contributed by atoms with van der Waals surface area (Å²) < 4.78 is 2.04. The van der Waals surface area contributed by atoms with E-state index in [-0.39, 0.29) is 6.61 Å². The molecule has 17 heavy (non-hydrogen) atoms. The number of nitrogens with one attached hydrogen (secondary N) is 1. The number of pyridine rings is 1. The lowest BCUT2D eigenvalue weighted by molar-refractivity contribution is 0.229. The highest BCUT2D eigenvalue weighted by molar-refractivity contribution is 5.49. The molecule has 0 radical (unpaired) electrons. The lowest BCUT2D eigenvalue weighted by atomic mass is 10.1. The third-order valence-electron chi connectivity index (χ3n) is 2.92. The fourth-order valence-corrected chi connectivity index (χ4v) is 1.85. The van der Waals surface area contributed by atoms with E-state index in [0.717, 1.165) is 30.9 Å². The normalized spacial score (nSPS) is 12.8. The molecule has 0 aliphatic heterocycles. The predicted octanol–water partition coefficient (Wildman–Crippen LogP) is 2.15. The van der Waals surface area contributed by atoms with E-state index in [1.165, 1.54) is 0 Å². The van der Waals surface area contributed by atoms with Crippen LogP contribution in [0, 0.1) is 5.92 Å². The minimum atomic E-state index is 0.275. The first-order valence-electron chi connectivity index (χ1n) is 6.08. The molecule has 0 fully saturated rings. The molecule has 0 amide bonds. The van der Waals surface area contributed by atoms with Gasteiger partial charge in [0, 0.05) is 25.5 Å². The van der Waals surface area contributed by atoms with Gasteiger partial charge in [0.05, 0.1) is 0 Å². The second kappa shape index (κ2) is 5.68. The van der Waals surface area contributed by atoms with Crippen LogP contribution in [0.3, 0.4) is 0 Å². The summed E-state index contributed by atoms with van der Waals surface area (Å²) in [6.45, 7) is 3.26. The lowest BCUT2D eigenvalue weighted by Gasteiger charge is -2.10. The molecule has 0 aliphatic carbocycles. The molecule has 0 spiro atoms. The van der Waals surface area contributed by atoms with Crippen LogP contribution in [0.15, 0.2) is 30.6 Å². The van der Waals surface area contributed by atoms with Crippen LogP contribution in [0.2, 0.25) is 0 Å². The average molecular weight is 233 g/mol. The first-order chi connectivity index (χ1) is 8.31. The van der Waals surface area contributed by atoms with Crippen molar-refractivity contribution in [2.75, 3.05) is 18.5 Å². The summed E-state index contributed by atoms with van der Waals surface area (Å²) in [5.41, 5.74) is 0.957. The van der Waals surface area contributed by atoms with Crippen LogP contribution in [0.4, 0.5) is 5.82 Å². The Labute approximate surface area is 101 Å². The summed E-state index contributed by atoms with van der Waals surface area (Å²) >= 11 is 0. The maximum atomic E-state index is 8.93. The lowest BCUT2D eigenvalue weighted by Crippen LogP contribution is -2.08. The van der Waals surface area contributed by atoms with E-state index in [9.17, 15) is 0 Å². The average Bonchev–Trinajstić information content (AvgIpc) is 2.83. The minimum Gasteiger partial charge on any atom is -0.396 e. The van der Waals surface area contributed by atoms with Gasteiger partial charge in [-0.05, 0) is 30.9 Å². The molecule has 2 aromatic rings. The standard InChI is InChI=1S/C13H19N3O/c1-11(10-17)4-3-7-14-12-5-2-6-13-15-8-9-16(12)13/h2,5-6,8-9,11,14,17H,3-4,7,10H2,1H3. The summed E-state index contributed by atoms with van der Waals surface area (Å²) in [4.78, 5) is 4.24. The zero-order valence-electron chi connectivity index (χ0n) is 10.1. The quantitative estimate of drug-likeness (QED) is 0.752. The zero-order chi connectivity index (χ0) is 12.1. The highest BCUT2D eigenvalue weighted by Crippen LogP contribution is 2.11. The van der Waals surface area contributed by atoms with E-state index in [1.807, 2.05) is 28.8 Å². The number of hydrogen-bond acceptors (Lipinski definition) is 3. The minimum absolute atomic E-state index is 0.275. The Morgan fingerprint density at radius 1 is 1.47 bits per heavy atom. The molecule has 0 aliphatic rings. The molecule has 0 saturated carbocycles. The summed E-state index contributed by atoms with van der Waals surface area (Å²) in [7, 11) is 0. The highest BCUT2D eigenvalue weighted by atomic mass is 16.3. The Hall–Kier alpha value is -1.55. The van der Waals surface area contributed by atoms with Gasteiger partial charge in [0.2, 0.25) is 0 Å². The molecular weight excluding hydrogens is 214 g/mol. The van der Waals surface area contributed by atoms with Crippen molar-refractivity contribution in [1.29, 1.82) is 0 Å². The number of aromatic nitrogens is 2. The number of imidazole rings is 1. The van der Waals surface area contributed by atoms with Crippen molar-refractivity contribution in [1.82, 2.24) is 9.38 Å². The number of hydrogen-bond donors (Lipinski definition) is 2. The van der Waals surface area contributed by atoms with Crippen molar-refractivity contribution in [3.63, 3.8) is 0 Å². The van der Waals surface area contributed by atoms with Gasteiger partial charge in [-0.25, -0.2) is 4.98 Å². The van der Waals surface area contributed by atoms with Crippen molar-refractivity contribution >= 4 is 11.5 Å². The Morgan fingerprint density at radius 3 is 3.18 bits per heavy atom. The monoisotopic (exact) mass is 233 g/mol. The van der Waals surface area contributed by atoms with Crippen molar-refractivity contribution < 1.29 is 5.11 Å². The Bertz CT molecular complexity index is 466. The van der Waals surface area contributed by atoms with Gasteiger partial charge in [0.15, 0.2) is 0 Å². The van der Waals surface area contributed by atoms with Crippen molar-refractivity contribution in [3.05, 3.63) is 30.6 Å². The van der Waals surface area contributed by atoms with Gasteiger partial charge in [-0.2, -0.15) is 0 Å². The van der Waals surface area contributed by atoms with Crippen LogP contribution < -0.4 is 5.32 Å². The summed E-state index contributed by atoms with van der Waals surface area (Å²) in [5.74, 6) is 1.46. The second-order valence-electron chi connectivity index (χ2n) is 4.42. The molecule has 4 heteroatoms. The fraction of sp³-hybridized carbons (Fsp3) is 0.462. The smallest absolute Gasteiger partial charge is 0.138 e. The topological polar surface area (TPSA) is 49.6 Å². The van der Waals surface area contributed by atoms with E-state index in [2.05, 4.69) is 17.2 Å². The van der Waals surface area contributed by atoms with Gasteiger partial charge in [0.25, 0.3) is 0 Å². The molecule has 92 valence electrons. The largest absolute Gasteiger partial charge is 0.396 e.